The lowest BCUT2D eigenvalue weighted by molar-refractivity contribution is -0.140. The van der Waals surface area contributed by atoms with Crippen molar-refractivity contribution in [2.75, 3.05) is 18.2 Å². The van der Waals surface area contributed by atoms with Crippen molar-refractivity contribution in [1.82, 2.24) is 9.78 Å². The van der Waals surface area contributed by atoms with Crippen molar-refractivity contribution in [3.05, 3.63) is 71.0 Å². The molecule has 0 spiro atoms. The molecule has 0 unspecified atom stereocenters. The normalized spacial score (nSPS) is 11.4. The predicted molar refractivity (Wildman–Crippen MR) is 125 cm³/mol. The van der Waals surface area contributed by atoms with Crippen LogP contribution in [0.25, 0.3) is 5.69 Å². The molecule has 10 heteroatoms. The molecule has 2 aromatic carbocycles. The number of nitrogens with one attached hydrogen (secondary N) is 1. The topological polar surface area (TPSA) is 73.2 Å². The van der Waals surface area contributed by atoms with Crippen molar-refractivity contribution in [2.45, 2.75) is 37.8 Å². The van der Waals surface area contributed by atoms with Gasteiger partial charge in [-0.2, -0.15) is 18.3 Å². The van der Waals surface area contributed by atoms with Gasteiger partial charge in [-0.05, 0) is 62.2 Å². The summed E-state index contributed by atoms with van der Waals surface area (Å²) in [6.45, 7) is 3.77. The lowest BCUT2D eigenvalue weighted by Crippen LogP contribution is -2.14. The molecule has 0 fully saturated rings. The van der Waals surface area contributed by atoms with Gasteiger partial charge in [0.15, 0.2) is 0 Å². The molecule has 0 bridgehead atoms. The highest BCUT2D eigenvalue weighted by Gasteiger charge is 2.27. The Labute approximate surface area is 199 Å². The van der Waals surface area contributed by atoms with Crippen molar-refractivity contribution in [3.8, 4) is 5.69 Å². The summed E-state index contributed by atoms with van der Waals surface area (Å²) < 4.78 is 44.2. The second kappa shape index (κ2) is 10.8. The van der Waals surface area contributed by atoms with Crippen LogP contribution in [-0.2, 0) is 16.0 Å². The minimum Gasteiger partial charge on any atom is -0.469 e. The average Bonchev–Trinajstić information content (AvgIpc) is 3.09. The van der Waals surface area contributed by atoms with Crippen LogP contribution < -0.4 is 5.32 Å². The third-order valence-electron chi connectivity index (χ3n) is 5.15. The first-order valence-corrected chi connectivity index (χ1v) is 11.4. The molecule has 0 saturated heterocycles. The maximum atomic E-state index is 12.7. The monoisotopic (exact) mass is 491 g/mol. The Balaban J connectivity index is 1.73. The number of benzene rings is 2. The zero-order valence-corrected chi connectivity index (χ0v) is 19.7. The predicted octanol–water partition coefficient (Wildman–Crippen LogP) is 5.50. The van der Waals surface area contributed by atoms with Crippen LogP contribution in [0.15, 0.2) is 53.4 Å². The second-order valence-electron chi connectivity index (χ2n) is 7.54. The lowest BCUT2D eigenvalue weighted by Gasteiger charge is -2.12. The molecule has 1 aromatic heterocycles. The smallest absolute Gasteiger partial charge is 0.398 e. The van der Waals surface area contributed by atoms with Gasteiger partial charge >= 0.3 is 12.1 Å². The van der Waals surface area contributed by atoms with Crippen LogP contribution in [0.5, 0.6) is 0 Å². The van der Waals surface area contributed by atoms with Crippen molar-refractivity contribution in [1.29, 1.82) is 0 Å². The minimum atomic E-state index is -4.31. The molecule has 180 valence electrons. The van der Waals surface area contributed by atoms with Crippen LogP contribution in [0.3, 0.4) is 0 Å². The third kappa shape index (κ3) is 6.40. The molecule has 0 saturated carbocycles. The summed E-state index contributed by atoms with van der Waals surface area (Å²) in [4.78, 5) is 24.5. The number of amides is 1. The van der Waals surface area contributed by atoms with Crippen LogP contribution in [0.1, 0.15) is 33.7 Å². The van der Waals surface area contributed by atoms with Crippen molar-refractivity contribution in [3.63, 3.8) is 0 Å². The Morgan fingerprint density at radius 2 is 1.76 bits per heavy atom. The van der Waals surface area contributed by atoms with Crippen LogP contribution in [-0.4, -0.2) is 40.7 Å². The summed E-state index contributed by atoms with van der Waals surface area (Å²) in [6, 6.07) is 13.1. The van der Waals surface area contributed by atoms with E-state index in [0.29, 0.717) is 34.3 Å². The summed E-state index contributed by atoms with van der Waals surface area (Å²) >= 11 is 0.623. The number of aromatic nitrogens is 2. The molecular formula is C24H24F3N3O3S. The number of para-hydroxylation sites is 1. The molecular weight excluding hydrogens is 467 g/mol. The molecule has 0 aliphatic carbocycles. The number of carbonyl (C=O) groups excluding carboxylic acids is 2. The molecule has 0 atom stereocenters. The van der Waals surface area contributed by atoms with Crippen molar-refractivity contribution >= 4 is 29.3 Å². The van der Waals surface area contributed by atoms with Crippen LogP contribution >= 0.6 is 11.8 Å². The van der Waals surface area contributed by atoms with E-state index in [9.17, 15) is 22.8 Å². The number of carbonyl (C=O) groups is 2. The molecule has 1 heterocycles. The number of alkyl halides is 3. The number of hydrogen-bond donors (Lipinski definition) is 1. The summed E-state index contributed by atoms with van der Waals surface area (Å²) in [5.41, 5.74) is 4.06. The number of nitrogens with zero attached hydrogens (tertiary/aromatic N) is 2. The molecule has 3 aromatic rings. The largest absolute Gasteiger partial charge is 0.469 e. The first-order chi connectivity index (χ1) is 16.1. The van der Waals surface area contributed by atoms with Gasteiger partial charge in [0, 0.05) is 22.6 Å². The molecule has 34 heavy (non-hydrogen) atoms. The molecule has 3 rings (SSSR count). The number of aryl methyl sites for hydroxylation is 1. The first-order valence-electron chi connectivity index (χ1n) is 10.4. The van der Waals surface area contributed by atoms with Gasteiger partial charge < -0.3 is 10.1 Å². The van der Waals surface area contributed by atoms with E-state index < -0.39 is 17.8 Å². The number of thioether (sulfide) groups is 1. The van der Waals surface area contributed by atoms with E-state index in [4.69, 9.17) is 4.74 Å². The van der Waals surface area contributed by atoms with Gasteiger partial charge in [0.25, 0.3) is 5.91 Å². The third-order valence-corrected chi connectivity index (χ3v) is 6.29. The van der Waals surface area contributed by atoms with Gasteiger partial charge in [-0.3, -0.25) is 9.59 Å². The summed E-state index contributed by atoms with van der Waals surface area (Å²) in [5.74, 6) is -1.77. The molecule has 6 nitrogen and oxygen atoms in total. The molecule has 1 N–H and O–H groups in total. The van der Waals surface area contributed by atoms with Gasteiger partial charge in [0.2, 0.25) is 0 Å². The number of rotatable bonds is 8. The average molecular weight is 492 g/mol. The Hall–Kier alpha value is -3.27. The Kier molecular flexibility index (Phi) is 8.03. The highest BCUT2D eigenvalue weighted by atomic mass is 32.2. The van der Waals surface area contributed by atoms with Gasteiger partial charge in [0.1, 0.15) is 0 Å². The molecule has 0 radical (unpaired) electrons. The van der Waals surface area contributed by atoms with E-state index in [-0.39, 0.29) is 12.4 Å². The zero-order chi connectivity index (χ0) is 24.9. The van der Waals surface area contributed by atoms with Crippen LogP contribution in [0.2, 0.25) is 0 Å². The SMILES string of the molecule is COC(=O)CCc1c(C)nn(-c2ccc(C(=O)Nc3ccccc3SCC(F)(F)F)cc2)c1C. The quantitative estimate of drug-likeness (QED) is 0.333. The van der Waals surface area contributed by atoms with Gasteiger partial charge in [-0.25, -0.2) is 4.68 Å². The fraction of sp³-hybridized carbons (Fsp3) is 0.292. The highest BCUT2D eigenvalue weighted by molar-refractivity contribution is 7.99. The Bertz CT molecular complexity index is 1170. The minimum absolute atomic E-state index is 0.256. The Morgan fingerprint density at radius 1 is 1.09 bits per heavy atom. The highest BCUT2D eigenvalue weighted by Crippen LogP contribution is 2.32. The van der Waals surface area contributed by atoms with E-state index in [1.807, 2.05) is 13.8 Å². The van der Waals surface area contributed by atoms with E-state index in [1.54, 1.807) is 47.1 Å². The number of ether oxygens (including phenoxy) is 1. The number of halogens is 3. The van der Waals surface area contributed by atoms with Gasteiger partial charge in [0.05, 0.1) is 29.9 Å². The number of hydrogen-bond acceptors (Lipinski definition) is 5. The maximum Gasteiger partial charge on any atom is 0.398 e. The first kappa shape index (κ1) is 25.4. The molecule has 0 aliphatic rings. The van der Waals surface area contributed by atoms with Crippen molar-refractivity contribution < 1.29 is 27.5 Å². The standard InChI is InChI=1S/C24H24F3N3O3S/c1-15-19(12-13-22(31)33-3)16(2)30(29-15)18-10-8-17(9-11-18)23(32)28-20-6-4-5-7-21(20)34-14-24(25,26)27/h4-11H,12-14H2,1-3H3,(H,28,32). The summed E-state index contributed by atoms with van der Waals surface area (Å²) in [7, 11) is 1.35. The van der Waals surface area contributed by atoms with E-state index >= 15 is 0 Å². The van der Waals surface area contributed by atoms with Gasteiger partial charge in [-0.1, -0.05) is 12.1 Å². The van der Waals surface area contributed by atoms with E-state index in [2.05, 4.69) is 10.4 Å². The molecule has 1 amide bonds. The summed E-state index contributed by atoms with van der Waals surface area (Å²) in [6.07, 6.45) is -3.54. The lowest BCUT2D eigenvalue weighted by atomic mass is 10.1. The van der Waals surface area contributed by atoms with Gasteiger partial charge in [-0.15, -0.1) is 11.8 Å². The van der Waals surface area contributed by atoms with Crippen LogP contribution in [0.4, 0.5) is 18.9 Å². The molecule has 0 aliphatic heterocycles. The maximum absolute atomic E-state index is 12.7. The van der Waals surface area contributed by atoms with E-state index in [1.165, 1.54) is 13.2 Å². The van der Waals surface area contributed by atoms with Crippen molar-refractivity contribution in [2.24, 2.45) is 0 Å². The second-order valence-corrected chi connectivity index (χ2v) is 8.56. The number of anilines is 1. The number of methoxy groups -OCH3 is 1. The Morgan fingerprint density at radius 3 is 2.41 bits per heavy atom. The number of esters is 1. The zero-order valence-electron chi connectivity index (χ0n) is 18.9. The summed E-state index contributed by atoms with van der Waals surface area (Å²) in [5, 5.41) is 7.23. The van der Waals surface area contributed by atoms with E-state index in [0.717, 1.165) is 22.6 Å². The van der Waals surface area contributed by atoms with Crippen LogP contribution in [0, 0.1) is 13.8 Å². The fourth-order valence-electron chi connectivity index (χ4n) is 3.42. The fourth-order valence-corrected chi connectivity index (χ4v) is 4.19.